The molecule has 0 spiro atoms. The number of piperidine rings is 1. The topological polar surface area (TPSA) is 86.8 Å². The highest BCUT2D eigenvalue weighted by atomic mass is 32.2. The van der Waals surface area contributed by atoms with Crippen molar-refractivity contribution >= 4 is 21.8 Å². The van der Waals surface area contributed by atoms with Gasteiger partial charge in [-0.1, -0.05) is 25.0 Å². The van der Waals surface area contributed by atoms with Gasteiger partial charge >= 0.3 is 0 Å². The third kappa shape index (κ3) is 6.04. The quantitative estimate of drug-likeness (QED) is 0.743. The Kier molecular flexibility index (Phi) is 7.88. The molecule has 2 amide bonds. The highest BCUT2D eigenvalue weighted by Gasteiger charge is 2.25. The fraction of sp³-hybridized carbons (Fsp3) is 0.636. The SMILES string of the molecule is CC(=O)N1CCC(NC(=O)CCc2ccc(S(=O)(=O)N3CCCCCC3)cc2)CC1. The second-order valence-electron chi connectivity index (χ2n) is 8.31. The van der Waals surface area contributed by atoms with Crippen molar-refractivity contribution in [2.45, 2.75) is 69.2 Å². The number of benzene rings is 1. The second kappa shape index (κ2) is 10.4. The molecule has 7 nitrogen and oxygen atoms in total. The van der Waals surface area contributed by atoms with Gasteiger partial charge in [-0.3, -0.25) is 9.59 Å². The van der Waals surface area contributed by atoms with Crippen LogP contribution in [0.5, 0.6) is 0 Å². The van der Waals surface area contributed by atoms with E-state index in [1.54, 1.807) is 23.4 Å². The first kappa shape index (κ1) is 22.7. The van der Waals surface area contributed by atoms with Gasteiger partial charge in [0.25, 0.3) is 0 Å². The predicted octanol–water partition coefficient (Wildman–Crippen LogP) is 2.31. The number of carbonyl (C=O) groups is 2. The molecule has 2 aliphatic rings. The van der Waals surface area contributed by atoms with Gasteiger partial charge in [-0.2, -0.15) is 4.31 Å². The van der Waals surface area contributed by atoms with Gasteiger partial charge in [0.15, 0.2) is 0 Å². The monoisotopic (exact) mass is 435 g/mol. The maximum absolute atomic E-state index is 12.8. The molecule has 2 saturated heterocycles. The normalized spacial score (nSPS) is 19.3. The van der Waals surface area contributed by atoms with Crippen molar-refractivity contribution in [3.8, 4) is 0 Å². The van der Waals surface area contributed by atoms with Crippen molar-refractivity contribution in [1.29, 1.82) is 0 Å². The van der Waals surface area contributed by atoms with Gasteiger partial charge in [-0.15, -0.1) is 0 Å². The van der Waals surface area contributed by atoms with Crippen molar-refractivity contribution in [1.82, 2.24) is 14.5 Å². The lowest BCUT2D eigenvalue weighted by Gasteiger charge is -2.31. The Hall–Kier alpha value is -1.93. The Labute approximate surface area is 179 Å². The first-order chi connectivity index (χ1) is 14.4. The summed E-state index contributed by atoms with van der Waals surface area (Å²) in [7, 11) is -3.44. The van der Waals surface area contributed by atoms with E-state index < -0.39 is 10.0 Å². The van der Waals surface area contributed by atoms with E-state index in [0.29, 0.717) is 43.9 Å². The number of nitrogens with one attached hydrogen (secondary N) is 1. The zero-order valence-corrected chi connectivity index (χ0v) is 18.6. The number of likely N-dealkylation sites (tertiary alicyclic amines) is 1. The first-order valence-electron chi connectivity index (χ1n) is 11.0. The Morgan fingerprint density at radius 3 is 2.13 bits per heavy atom. The molecule has 30 heavy (non-hydrogen) atoms. The zero-order chi connectivity index (χ0) is 21.6. The van der Waals surface area contributed by atoms with Crippen molar-refractivity contribution < 1.29 is 18.0 Å². The van der Waals surface area contributed by atoms with Crippen molar-refractivity contribution in [2.75, 3.05) is 26.2 Å². The molecule has 8 heteroatoms. The molecular formula is C22H33N3O4S. The van der Waals surface area contributed by atoms with Crippen LogP contribution in [0.25, 0.3) is 0 Å². The standard InChI is InChI=1S/C22H33N3O4S/c1-18(26)24-16-12-20(13-17-24)23-22(27)11-8-19-6-9-21(10-7-19)30(28,29)25-14-4-2-3-5-15-25/h6-7,9-10,20H,2-5,8,11-17H2,1H3,(H,23,27). The summed E-state index contributed by atoms with van der Waals surface area (Å²) in [6, 6.07) is 7.05. The number of aryl methyl sites for hydroxylation is 1. The highest BCUT2D eigenvalue weighted by Crippen LogP contribution is 2.21. The Morgan fingerprint density at radius 2 is 1.57 bits per heavy atom. The summed E-state index contributed by atoms with van der Waals surface area (Å²) in [6.45, 7) is 4.13. The van der Waals surface area contributed by atoms with Gasteiger partial charge < -0.3 is 10.2 Å². The van der Waals surface area contributed by atoms with Crippen molar-refractivity contribution in [3.63, 3.8) is 0 Å². The minimum absolute atomic E-state index is 0.00228. The molecule has 0 aliphatic carbocycles. The van der Waals surface area contributed by atoms with Crippen LogP contribution >= 0.6 is 0 Å². The molecule has 0 radical (unpaired) electrons. The lowest BCUT2D eigenvalue weighted by atomic mass is 10.0. The van der Waals surface area contributed by atoms with Crippen LogP contribution in [0.3, 0.4) is 0 Å². The third-order valence-corrected chi connectivity index (χ3v) is 7.99. The van der Waals surface area contributed by atoms with Gasteiger partial charge in [0, 0.05) is 45.6 Å². The average Bonchev–Trinajstić information content (AvgIpc) is 3.03. The summed E-state index contributed by atoms with van der Waals surface area (Å²) in [5.41, 5.74) is 0.950. The van der Waals surface area contributed by atoms with E-state index in [9.17, 15) is 18.0 Å². The van der Waals surface area contributed by atoms with Gasteiger partial charge in [-0.25, -0.2) is 8.42 Å². The maximum Gasteiger partial charge on any atom is 0.243 e. The van der Waals surface area contributed by atoms with Crippen LogP contribution < -0.4 is 5.32 Å². The van der Waals surface area contributed by atoms with Crippen molar-refractivity contribution in [2.24, 2.45) is 0 Å². The number of carbonyl (C=O) groups excluding carboxylic acids is 2. The van der Waals surface area contributed by atoms with E-state index in [-0.39, 0.29) is 17.9 Å². The van der Waals surface area contributed by atoms with E-state index in [4.69, 9.17) is 0 Å². The van der Waals surface area contributed by atoms with E-state index in [0.717, 1.165) is 44.1 Å². The smallest absolute Gasteiger partial charge is 0.243 e. The Morgan fingerprint density at radius 1 is 0.967 bits per heavy atom. The molecule has 0 atom stereocenters. The molecule has 2 fully saturated rings. The van der Waals surface area contributed by atoms with Gasteiger partial charge in [0.2, 0.25) is 21.8 Å². The first-order valence-corrected chi connectivity index (χ1v) is 12.4. The number of nitrogens with zero attached hydrogens (tertiary/aromatic N) is 2. The zero-order valence-electron chi connectivity index (χ0n) is 17.8. The summed E-state index contributed by atoms with van der Waals surface area (Å²) in [4.78, 5) is 25.8. The molecule has 2 heterocycles. The molecule has 3 rings (SSSR count). The number of sulfonamides is 1. The van der Waals surface area contributed by atoms with E-state index in [2.05, 4.69) is 5.32 Å². The van der Waals surface area contributed by atoms with Crippen LogP contribution in [-0.2, 0) is 26.0 Å². The molecular weight excluding hydrogens is 402 g/mol. The molecule has 166 valence electrons. The summed E-state index contributed by atoms with van der Waals surface area (Å²) in [6.07, 6.45) is 6.52. The average molecular weight is 436 g/mol. The minimum Gasteiger partial charge on any atom is -0.353 e. The van der Waals surface area contributed by atoms with Gasteiger partial charge in [0.05, 0.1) is 4.90 Å². The van der Waals surface area contributed by atoms with Crippen LogP contribution in [-0.4, -0.2) is 61.7 Å². The maximum atomic E-state index is 12.8. The molecule has 0 aromatic heterocycles. The number of amides is 2. The molecule has 1 N–H and O–H groups in total. The summed E-state index contributed by atoms with van der Waals surface area (Å²) < 4.78 is 27.3. The molecule has 0 unspecified atom stereocenters. The van der Waals surface area contributed by atoms with Crippen molar-refractivity contribution in [3.05, 3.63) is 29.8 Å². The third-order valence-electron chi connectivity index (χ3n) is 6.07. The van der Waals surface area contributed by atoms with Crippen LogP contribution in [0, 0.1) is 0 Å². The number of hydrogen-bond acceptors (Lipinski definition) is 4. The summed E-state index contributed by atoms with van der Waals surface area (Å²) >= 11 is 0. The van der Waals surface area contributed by atoms with Crippen LogP contribution in [0.4, 0.5) is 0 Å². The van der Waals surface area contributed by atoms with E-state index >= 15 is 0 Å². The van der Waals surface area contributed by atoms with Crippen LogP contribution in [0.1, 0.15) is 57.4 Å². The molecule has 2 aliphatic heterocycles. The lowest BCUT2D eigenvalue weighted by Crippen LogP contribution is -2.46. The number of hydrogen-bond donors (Lipinski definition) is 1. The lowest BCUT2D eigenvalue weighted by molar-refractivity contribution is -0.130. The van der Waals surface area contributed by atoms with Crippen LogP contribution in [0.2, 0.25) is 0 Å². The predicted molar refractivity (Wildman–Crippen MR) is 115 cm³/mol. The van der Waals surface area contributed by atoms with E-state index in [1.807, 2.05) is 17.0 Å². The second-order valence-corrected chi connectivity index (χ2v) is 10.2. The van der Waals surface area contributed by atoms with Crippen LogP contribution in [0.15, 0.2) is 29.2 Å². The fourth-order valence-electron chi connectivity index (χ4n) is 4.16. The Bertz CT molecular complexity index is 822. The molecule has 0 bridgehead atoms. The summed E-state index contributed by atoms with van der Waals surface area (Å²) in [5, 5.41) is 3.05. The minimum atomic E-state index is -3.44. The molecule has 1 aromatic rings. The molecule has 1 aromatic carbocycles. The fourth-order valence-corrected chi connectivity index (χ4v) is 5.67. The number of rotatable bonds is 6. The Balaban J connectivity index is 1.47. The van der Waals surface area contributed by atoms with Gasteiger partial charge in [0.1, 0.15) is 0 Å². The van der Waals surface area contributed by atoms with E-state index in [1.165, 1.54) is 0 Å². The molecule has 0 saturated carbocycles. The summed E-state index contributed by atoms with van der Waals surface area (Å²) in [5.74, 6) is 0.0821. The largest absolute Gasteiger partial charge is 0.353 e. The van der Waals surface area contributed by atoms with Gasteiger partial charge in [-0.05, 0) is 49.8 Å². The highest BCUT2D eigenvalue weighted by molar-refractivity contribution is 7.89.